The lowest BCUT2D eigenvalue weighted by Gasteiger charge is -2.29. The van der Waals surface area contributed by atoms with Crippen LogP contribution in [-0.2, 0) is 4.79 Å². The summed E-state index contributed by atoms with van der Waals surface area (Å²) in [4.78, 5) is 24.3. The van der Waals surface area contributed by atoms with E-state index in [0.29, 0.717) is 30.3 Å². The molecule has 1 heterocycles. The number of rotatable bonds is 7. The topological polar surface area (TPSA) is 88.7 Å². The molecule has 25 heavy (non-hydrogen) atoms. The van der Waals surface area contributed by atoms with Crippen molar-refractivity contribution in [3.63, 3.8) is 0 Å². The Balaban J connectivity index is 2.05. The molecule has 0 spiro atoms. The van der Waals surface area contributed by atoms with Crippen molar-refractivity contribution < 1.29 is 19.1 Å². The summed E-state index contributed by atoms with van der Waals surface area (Å²) >= 11 is 0. The van der Waals surface area contributed by atoms with Gasteiger partial charge in [0.1, 0.15) is 17.5 Å². The van der Waals surface area contributed by atoms with E-state index in [1.54, 1.807) is 25.3 Å². The van der Waals surface area contributed by atoms with E-state index in [2.05, 4.69) is 22.9 Å². The number of nitrogens with one attached hydrogen (secondary N) is 3. The summed E-state index contributed by atoms with van der Waals surface area (Å²) in [5.74, 6) is 1.12. The van der Waals surface area contributed by atoms with Crippen LogP contribution in [0, 0.1) is 5.92 Å². The molecule has 1 saturated heterocycles. The van der Waals surface area contributed by atoms with E-state index in [9.17, 15) is 9.59 Å². The van der Waals surface area contributed by atoms with Crippen LogP contribution in [0.3, 0.4) is 0 Å². The van der Waals surface area contributed by atoms with Crippen LogP contribution in [0.1, 0.15) is 33.1 Å². The quantitative estimate of drug-likeness (QED) is 0.660. The van der Waals surface area contributed by atoms with Gasteiger partial charge in [0.05, 0.1) is 19.4 Å². The predicted molar refractivity (Wildman–Crippen MR) is 96.1 cm³/mol. The zero-order valence-corrected chi connectivity index (χ0v) is 15.1. The first-order valence-electron chi connectivity index (χ1n) is 8.71. The minimum atomic E-state index is -0.538. The molecule has 3 amide bonds. The van der Waals surface area contributed by atoms with Gasteiger partial charge in [-0.25, -0.2) is 4.79 Å². The first-order valence-corrected chi connectivity index (χ1v) is 8.71. The first-order chi connectivity index (χ1) is 12.0. The number of piperidine rings is 1. The molecule has 1 aromatic carbocycles. The highest BCUT2D eigenvalue weighted by Crippen LogP contribution is 2.29. The number of amides is 3. The van der Waals surface area contributed by atoms with Gasteiger partial charge in [0.15, 0.2) is 0 Å². The molecule has 1 aliphatic rings. The summed E-state index contributed by atoms with van der Waals surface area (Å²) in [6.07, 6.45) is 2.78. The second-order valence-corrected chi connectivity index (χ2v) is 6.20. The van der Waals surface area contributed by atoms with Crippen molar-refractivity contribution in [3.05, 3.63) is 18.2 Å². The van der Waals surface area contributed by atoms with E-state index < -0.39 is 12.1 Å². The van der Waals surface area contributed by atoms with Gasteiger partial charge in [-0.3, -0.25) is 4.79 Å². The molecule has 1 fully saturated rings. The molecule has 0 bridgehead atoms. The van der Waals surface area contributed by atoms with E-state index in [0.717, 1.165) is 19.3 Å². The largest absolute Gasteiger partial charge is 0.497 e. The maximum Gasteiger partial charge on any atom is 0.320 e. The average molecular weight is 349 g/mol. The molecule has 2 rings (SSSR count). The molecule has 7 nitrogen and oxygen atoms in total. The van der Waals surface area contributed by atoms with Crippen molar-refractivity contribution >= 4 is 17.6 Å². The summed E-state index contributed by atoms with van der Waals surface area (Å²) in [5.41, 5.74) is 0.511. The fourth-order valence-corrected chi connectivity index (χ4v) is 2.65. The zero-order chi connectivity index (χ0) is 18.2. The standard InChI is InChI=1S/C18H27N3O4/c1-4-5-10-25-15-7-6-13(24-3)11-14(15)20-18(23)21-16-12(2)8-9-19-17(16)22/h6-7,11-12,16H,4-5,8-10H2,1-3H3,(H,19,22)(H2,20,21,23)/t12-,16+/m0/s1. The highest BCUT2D eigenvalue weighted by molar-refractivity contribution is 5.95. The van der Waals surface area contributed by atoms with Gasteiger partial charge in [-0.15, -0.1) is 0 Å². The molecular weight excluding hydrogens is 322 g/mol. The molecule has 0 saturated carbocycles. The summed E-state index contributed by atoms with van der Waals surface area (Å²) in [7, 11) is 1.56. The van der Waals surface area contributed by atoms with Crippen LogP contribution >= 0.6 is 0 Å². The van der Waals surface area contributed by atoms with Crippen molar-refractivity contribution in [2.45, 2.75) is 39.2 Å². The number of urea groups is 1. The molecule has 0 radical (unpaired) electrons. The monoisotopic (exact) mass is 349 g/mol. The average Bonchev–Trinajstić information content (AvgIpc) is 2.59. The fourth-order valence-electron chi connectivity index (χ4n) is 2.65. The zero-order valence-electron chi connectivity index (χ0n) is 15.1. The Bertz CT molecular complexity index is 606. The number of hydrogen-bond donors (Lipinski definition) is 3. The third-order valence-corrected chi connectivity index (χ3v) is 4.23. The molecule has 0 aromatic heterocycles. The van der Waals surface area contributed by atoms with Crippen LogP contribution < -0.4 is 25.4 Å². The third-order valence-electron chi connectivity index (χ3n) is 4.23. The summed E-state index contributed by atoms with van der Waals surface area (Å²) in [6.45, 7) is 5.25. The number of anilines is 1. The fraction of sp³-hybridized carbons (Fsp3) is 0.556. The highest BCUT2D eigenvalue weighted by atomic mass is 16.5. The molecule has 1 aliphatic heterocycles. The number of carbonyl (C=O) groups excluding carboxylic acids is 2. The number of ether oxygens (including phenoxy) is 2. The van der Waals surface area contributed by atoms with Gasteiger partial charge in [-0.1, -0.05) is 20.3 Å². The molecule has 0 aliphatic carbocycles. The van der Waals surface area contributed by atoms with Gasteiger partial charge < -0.3 is 25.4 Å². The minimum absolute atomic E-state index is 0.0880. The Labute approximate surface area is 148 Å². The Morgan fingerprint density at radius 3 is 2.88 bits per heavy atom. The van der Waals surface area contributed by atoms with Crippen molar-refractivity contribution in [3.8, 4) is 11.5 Å². The van der Waals surface area contributed by atoms with Gasteiger partial charge in [-0.05, 0) is 30.9 Å². The maximum atomic E-state index is 12.4. The summed E-state index contributed by atoms with van der Waals surface area (Å²) in [5, 5.41) is 8.28. The molecule has 1 aromatic rings. The lowest BCUT2D eigenvalue weighted by molar-refractivity contribution is -0.125. The van der Waals surface area contributed by atoms with Gasteiger partial charge in [0.2, 0.25) is 5.91 Å². The molecule has 2 atom stereocenters. The lowest BCUT2D eigenvalue weighted by atomic mass is 9.94. The van der Waals surface area contributed by atoms with Crippen molar-refractivity contribution in [2.24, 2.45) is 5.92 Å². The number of unbranched alkanes of at least 4 members (excludes halogenated alkanes) is 1. The lowest BCUT2D eigenvalue weighted by Crippen LogP contribution is -2.55. The second kappa shape index (κ2) is 9.15. The molecule has 138 valence electrons. The smallest absolute Gasteiger partial charge is 0.320 e. The predicted octanol–water partition coefficient (Wildman–Crippen LogP) is 2.52. The van der Waals surface area contributed by atoms with E-state index >= 15 is 0 Å². The van der Waals surface area contributed by atoms with E-state index in [1.807, 2.05) is 6.92 Å². The van der Waals surface area contributed by atoms with Crippen LogP contribution in [0.5, 0.6) is 11.5 Å². The maximum absolute atomic E-state index is 12.4. The Hall–Kier alpha value is -2.44. The number of hydrogen-bond acceptors (Lipinski definition) is 4. The third kappa shape index (κ3) is 5.27. The van der Waals surface area contributed by atoms with E-state index in [-0.39, 0.29) is 11.8 Å². The Morgan fingerprint density at radius 1 is 1.40 bits per heavy atom. The van der Waals surface area contributed by atoms with Gasteiger partial charge in [0.25, 0.3) is 0 Å². The van der Waals surface area contributed by atoms with Crippen molar-refractivity contribution in [1.82, 2.24) is 10.6 Å². The van der Waals surface area contributed by atoms with Gasteiger partial charge in [0, 0.05) is 12.6 Å². The van der Waals surface area contributed by atoms with E-state index in [1.165, 1.54) is 0 Å². The normalized spacial score (nSPS) is 19.7. The molecule has 7 heteroatoms. The van der Waals surface area contributed by atoms with Gasteiger partial charge in [-0.2, -0.15) is 0 Å². The number of methoxy groups -OCH3 is 1. The summed E-state index contributed by atoms with van der Waals surface area (Å²) in [6, 6.07) is 4.26. The van der Waals surface area contributed by atoms with E-state index in [4.69, 9.17) is 9.47 Å². The minimum Gasteiger partial charge on any atom is -0.497 e. The van der Waals surface area contributed by atoms with Crippen LogP contribution in [0.25, 0.3) is 0 Å². The Kier molecular flexibility index (Phi) is 6.91. The van der Waals surface area contributed by atoms with Crippen LogP contribution in [-0.4, -0.2) is 38.2 Å². The van der Waals surface area contributed by atoms with Crippen molar-refractivity contribution in [1.29, 1.82) is 0 Å². The van der Waals surface area contributed by atoms with Crippen LogP contribution in [0.4, 0.5) is 10.5 Å². The number of benzene rings is 1. The SMILES string of the molecule is CCCCOc1ccc(OC)cc1NC(=O)N[C@H]1C(=O)NCC[C@@H]1C. The molecule has 0 unspecified atom stereocenters. The highest BCUT2D eigenvalue weighted by Gasteiger charge is 2.30. The summed E-state index contributed by atoms with van der Waals surface area (Å²) < 4.78 is 10.9. The van der Waals surface area contributed by atoms with Gasteiger partial charge >= 0.3 is 6.03 Å². The Morgan fingerprint density at radius 2 is 2.20 bits per heavy atom. The first kappa shape index (κ1) is 18.9. The van der Waals surface area contributed by atoms with Crippen LogP contribution in [0.2, 0.25) is 0 Å². The molecule has 3 N–H and O–H groups in total. The number of carbonyl (C=O) groups is 2. The second-order valence-electron chi connectivity index (χ2n) is 6.20. The van der Waals surface area contributed by atoms with Crippen molar-refractivity contribution in [2.75, 3.05) is 25.6 Å². The molecular formula is C18H27N3O4. The van der Waals surface area contributed by atoms with Crippen LogP contribution in [0.15, 0.2) is 18.2 Å².